The number of nitrogens with one attached hydrogen (secondary N) is 3. The summed E-state index contributed by atoms with van der Waals surface area (Å²) in [5, 5.41) is 18.7. The monoisotopic (exact) mass is 561 g/mol. The lowest BCUT2D eigenvalue weighted by atomic mass is 10.00. The highest BCUT2D eigenvalue weighted by molar-refractivity contribution is 5.98. The van der Waals surface area contributed by atoms with E-state index in [1.54, 1.807) is 17.0 Å². The van der Waals surface area contributed by atoms with Crippen molar-refractivity contribution in [1.82, 2.24) is 9.80 Å². The lowest BCUT2D eigenvalue weighted by molar-refractivity contribution is -0.116. The number of piperazine rings is 1. The highest BCUT2D eigenvalue weighted by atomic mass is 19.1. The first-order valence-corrected chi connectivity index (χ1v) is 14.5. The summed E-state index contributed by atoms with van der Waals surface area (Å²) in [5.74, 6) is 0.775. The maximum Gasteiger partial charge on any atom is 0.321 e. The van der Waals surface area contributed by atoms with Crippen LogP contribution in [0.15, 0.2) is 47.5 Å². The van der Waals surface area contributed by atoms with E-state index >= 15 is 0 Å². The van der Waals surface area contributed by atoms with Crippen molar-refractivity contribution in [2.24, 2.45) is 16.8 Å². The Balaban J connectivity index is 1.43. The quantitative estimate of drug-likeness (QED) is 0.213. The molecular weight excluding hydrogens is 521 g/mol. The largest absolute Gasteiger partial charge is 0.335 e. The fourth-order valence-electron chi connectivity index (χ4n) is 5.68. The molecular formula is C31H40FN7O2. The molecule has 4 rings (SSSR count). The Hall–Kier alpha value is -4.13. The number of guanidine groups is 1. The number of carbonyl (C=O) groups is 2. The van der Waals surface area contributed by atoms with Crippen LogP contribution in [-0.4, -0.2) is 53.4 Å². The number of hydrogen-bond donors (Lipinski definition) is 3. The number of nitriles is 1. The van der Waals surface area contributed by atoms with E-state index in [4.69, 9.17) is 0 Å². The van der Waals surface area contributed by atoms with E-state index in [0.717, 1.165) is 23.4 Å². The summed E-state index contributed by atoms with van der Waals surface area (Å²) in [7, 11) is 0. The normalized spacial score (nSPS) is 17.9. The summed E-state index contributed by atoms with van der Waals surface area (Å²) in [6.07, 6.45) is 8.31. The van der Waals surface area contributed by atoms with E-state index in [-0.39, 0.29) is 23.9 Å². The van der Waals surface area contributed by atoms with Crippen molar-refractivity contribution in [2.45, 2.75) is 65.3 Å². The van der Waals surface area contributed by atoms with Crippen LogP contribution in [0.2, 0.25) is 0 Å². The number of halogens is 1. The minimum absolute atomic E-state index is 0.00979. The fraction of sp³-hybridized carbons (Fsp3) is 0.484. The molecule has 1 unspecified atom stereocenters. The standard InChI is InChI=1S/C31H40FN7O2/c1-21(2)28-19-38(31(41)35-25-11-6-10-24(32)18-25)16-17-39(28)30(34-20-33)37-27-13-7-12-26(22(27)3)36-29(40)15-14-23-8-4-5-9-23/h6-7,10-13,18,21,23,28H,4-5,8-9,14-17,19H2,1-3H3,(H,34,37)(H,35,41)(H,36,40). The molecule has 1 aliphatic heterocycles. The minimum atomic E-state index is -0.417. The van der Waals surface area contributed by atoms with Crippen LogP contribution >= 0.6 is 0 Å². The van der Waals surface area contributed by atoms with Crippen LogP contribution < -0.4 is 16.0 Å². The molecule has 2 fully saturated rings. The van der Waals surface area contributed by atoms with Crippen LogP contribution in [0, 0.1) is 36.0 Å². The molecule has 3 N–H and O–H groups in total. The van der Waals surface area contributed by atoms with Crippen LogP contribution in [0.25, 0.3) is 0 Å². The third-order valence-electron chi connectivity index (χ3n) is 8.09. The van der Waals surface area contributed by atoms with E-state index in [2.05, 4.69) is 34.8 Å². The van der Waals surface area contributed by atoms with Crippen molar-refractivity contribution in [1.29, 1.82) is 5.26 Å². The summed E-state index contributed by atoms with van der Waals surface area (Å²) in [6, 6.07) is 11.0. The molecule has 2 aromatic carbocycles. The average Bonchev–Trinajstić information content (AvgIpc) is 3.47. The van der Waals surface area contributed by atoms with Gasteiger partial charge in [0.1, 0.15) is 5.82 Å². The first-order valence-electron chi connectivity index (χ1n) is 14.5. The summed E-state index contributed by atoms with van der Waals surface area (Å²) in [5.41, 5.74) is 2.71. The zero-order chi connectivity index (χ0) is 29.4. The van der Waals surface area contributed by atoms with Crippen molar-refractivity contribution in [3.8, 4) is 6.19 Å². The number of anilines is 3. The zero-order valence-electron chi connectivity index (χ0n) is 24.1. The number of benzene rings is 2. The number of nitrogens with zero attached hydrogens (tertiary/aromatic N) is 4. The number of urea groups is 1. The number of amides is 3. The second-order valence-electron chi connectivity index (χ2n) is 11.3. The van der Waals surface area contributed by atoms with E-state index in [9.17, 15) is 19.2 Å². The zero-order valence-corrected chi connectivity index (χ0v) is 24.1. The van der Waals surface area contributed by atoms with E-state index in [0.29, 0.717) is 43.6 Å². The molecule has 0 bridgehead atoms. The van der Waals surface area contributed by atoms with Gasteiger partial charge >= 0.3 is 6.03 Å². The second kappa shape index (κ2) is 14.0. The predicted molar refractivity (Wildman–Crippen MR) is 160 cm³/mol. The molecule has 41 heavy (non-hydrogen) atoms. The van der Waals surface area contributed by atoms with Crippen molar-refractivity contribution < 1.29 is 14.0 Å². The maximum atomic E-state index is 13.6. The lowest BCUT2D eigenvalue weighted by Crippen LogP contribution is -2.60. The summed E-state index contributed by atoms with van der Waals surface area (Å²) in [6.45, 7) is 7.29. The Morgan fingerprint density at radius 1 is 1.07 bits per heavy atom. The van der Waals surface area contributed by atoms with E-state index in [1.807, 2.05) is 36.2 Å². The van der Waals surface area contributed by atoms with Gasteiger partial charge in [-0.15, -0.1) is 4.99 Å². The Bertz CT molecular complexity index is 1300. The molecule has 0 spiro atoms. The number of aliphatic imine (C=N–C) groups is 1. The molecule has 218 valence electrons. The van der Waals surface area contributed by atoms with Crippen LogP contribution in [0.3, 0.4) is 0 Å². The Morgan fingerprint density at radius 2 is 1.78 bits per heavy atom. The van der Waals surface area contributed by atoms with Gasteiger partial charge in [0.05, 0.1) is 6.04 Å². The minimum Gasteiger partial charge on any atom is -0.335 e. The highest BCUT2D eigenvalue weighted by Gasteiger charge is 2.34. The highest BCUT2D eigenvalue weighted by Crippen LogP contribution is 2.29. The second-order valence-corrected chi connectivity index (χ2v) is 11.3. The van der Waals surface area contributed by atoms with Crippen molar-refractivity contribution in [3.63, 3.8) is 0 Å². The van der Waals surface area contributed by atoms with Gasteiger partial charge in [0.2, 0.25) is 18.1 Å². The van der Waals surface area contributed by atoms with Gasteiger partial charge in [0, 0.05) is 43.1 Å². The maximum absolute atomic E-state index is 13.6. The summed E-state index contributed by atoms with van der Waals surface area (Å²) < 4.78 is 13.6. The third kappa shape index (κ3) is 7.97. The summed E-state index contributed by atoms with van der Waals surface area (Å²) >= 11 is 0. The summed E-state index contributed by atoms with van der Waals surface area (Å²) in [4.78, 5) is 33.5. The van der Waals surface area contributed by atoms with Gasteiger partial charge in [-0.2, -0.15) is 5.26 Å². The number of rotatable bonds is 7. The Morgan fingerprint density at radius 3 is 2.46 bits per heavy atom. The molecule has 0 aromatic heterocycles. The molecule has 1 saturated carbocycles. The van der Waals surface area contributed by atoms with Gasteiger partial charge in [0.15, 0.2) is 0 Å². The van der Waals surface area contributed by atoms with Crippen LogP contribution in [-0.2, 0) is 4.79 Å². The van der Waals surface area contributed by atoms with Crippen LogP contribution in [0.1, 0.15) is 57.9 Å². The molecule has 1 heterocycles. The lowest BCUT2D eigenvalue weighted by Gasteiger charge is -2.44. The topological polar surface area (TPSA) is 113 Å². The first kappa shape index (κ1) is 29.8. The van der Waals surface area contributed by atoms with Gasteiger partial charge < -0.3 is 25.8 Å². The van der Waals surface area contributed by atoms with Crippen molar-refractivity contribution >= 4 is 35.0 Å². The van der Waals surface area contributed by atoms with Gasteiger partial charge in [-0.3, -0.25) is 4.79 Å². The van der Waals surface area contributed by atoms with Crippen molar-refractivity contribution in [2.75, 3.05) is 35.6 Å². The first-order chi connectivity index (χ1) is 19.7. The van der Waals surface area contributed by atoms with Gasteiger partial charge in [-0.1, -0.05) is 51.7 Å². The third-order valence-corrected chi connectivity index (χ3v) is 8.09. The van der Waals surface area contributed by atoms with E-state index in [1.165, 1.54) is 37.8 Å². The molecule has 10 heteroatoms. The SMILES string of the molecule is Cc1c(NC(=O)CCC2CCCC2)cccc1N/C(=N/C#N)N1CCN(C(=O)Nc2cccc(F)c2)CC1C(C)C. The fourth-order valence-corrected chi connectivity index (χ4v) is 5.68. The van der Waals surface area contributed by atoms with Gasteiger partial charge in [0.25, 0.3) is 0 Å². The van der Waals surface area contributed by atoms with Crippen molar-refractivity contribution in [3.05, 3.63) is 53.8 Å². The Labute approximate surface area is 241 Å². The smallest absolute Gasteiger partial charge is 0.321 e. The Kier molecular flexibility index (Phi) is 10.2. The predicted octanol–water partition coefficient (Wildman–Crippen LogP) is 6.17. The number of carbonyl (C=O) groups excluding carboxylic acids is 2. The molecule has 9 nitrogen and oxygen atoms in total. The molecule has 2 aliphatic rings. The molecule has 1 saturated heterocycles. The number of hydrogen-bond acceptors (Lipinski definition) is 4. The molecule has 1 atom stereocenters. The van der Waals surface area contributed by atoms with Crippen LogP contribution in [0.5, 0.6) is 0 Å². The molecule has 1 aliphatic carbocycles. The molecule has 0 radical (unpaired) electrons. The van der Waals surface area contributed by atoms with Crippen LogP contribution in [0.4, 0.5) is 26.2 Å². The molecule has 3 amide bonds. The van der Waals surface area contributed by atoms with E-state index < -0.39 is 5.82 Å². The molecule has 2 aromatic rings. The van der Waals surface area contributed by atoms with Gasteiger partial charge in [-0.05, 0) is 61.1 Å². The van der Waals surface area contributed by atoms with Gasteiger partial charge in [-0.25, -0.2) is 9.18 Å². The average molecular weight is 562 g/mol.